The minimum Gasteiger partial charge on any atom is -1.00 e. The van der Waals surface area contributed by atoms with Crippen LogP contribution in [0.15, 0.2) is 54.6 Å². The van der Waals surface area contributed by atoms with E-state index < -0.39 is 0 Å². The highest BCUT2D eigenvalue weighted by molar-refractivity contribution is 6.01. The summed E-state index contributed by atoms with van der Waals surface area (Å²) in [5, 5.41) is 2.84. The third-order valence-electron chi connectivity index (χ3n) is 5.27. The minimum absolute atomic E-state index is 0. The molecule has 1 aliphatic rings. The highest BCUT2D eigenvalue weighted by atomic mass is 35.5. The number of nitrogens with one attached hydrogen (secondary N) is 1. The van der Waals surface area contributed by atoms with Crippen molar-refractivity contribution in [1.29, 1.82) is 0 Å². The number of nitrogens with zero attached hydrogens (tertiary/aromatic N) is 1. The van der Waals surface area contributed by atoms with Crippen molar-refractivity contribution in [3.8, 4) is 0 Å². The van der Waals surface area contributed by atoms with Gasteiger partial charge in [-0.15, -0.1) is 0 Å². The van der Waals surface area contributed by atoms with Crippen LogP contribution in [0, 0.1) is 5.82 Å². The van der Waals surface area contributed by atoms with Crippen LogP contribution in [-0.2, 0) is 16.1 Å². The summed E-state index contributed by atoms with van der Waals surface area (Å²) in [5.41, 5.74) is 2.64. The highest BCUT2D eigenvalue weighted by Crippen LogP contribution is 2.22. The number of carbonyl (C=O) groups excluding carboxylic acids is 1. The molecule has 0 atom stereocenters. The summed E-state index contributed by atoms with van der Waals surface area (Å²) in [6, 6.07) is 14.7. The van der Waals surface area contributed by atoms with Crippen LogP contribution in [0.2, 0.25) is 0 Å². The molecule has 6 heteroatoms. The first-order valence-electron chi connectivity index (χ1n) is 9.66. The van der Waals surface area contributed by atoms with Gasteiger partial charge in [-0.2, -0.15) is 0 Å². The Morgan fingerprint density at radius 3 is 2.52 bits per heavy atom. The van der Waals surface area contributed by atoms with Crippen molar-refractivity contribution in [2.24, 2.45) is 0 Å². The van der Waals surface area contributed by atoms with E-state index in [9.17, 15) is 9.18 Å². The molecular formula is C23H28ClFN2O2. The zero-order valence-corrected chi connectivity index (χ0v) is 17.7. The maximum atomic E-state index is 13.2. The summed E-state index contributed by atoms with van der Waals surface area (Å²) >= 11 is 0. The van der Waals surface area contributed by atoms with Crippen LogP contribution in [0.25, 0.3) is 6.08 Å². The summed E-state index contributed by atoms with van der Waals surface area (Å²) in [6.45, 7) is 2.64. The van der Waals surface area contributed by atoms with Crippen LogP contribution in [0.4, 0.5) is 10.1 Å². The normalized spacial score (nSPS) is 15.1. The fourth-order valence-electron chi connectivity index (χ4n) is 3.64. The molecule has 156 valence electrons. The summed E-state index contributed by atoms with van der Waals surface area (Å²) in [6.07, 6.45) is 5.20. The number of amides is 1. The first-order valence-corrected chi connectivity index (χ1v) is 9.66. The molecule has 1 amide bonds. The number of anilines is 1. The molecular weight excluding hydrogens is 391 g/mol. The molecule has 0 aliphatic carbocycles. The van der Waals surface area contributed by atoms with Crippen molar-refractivity contribution in [1.82, 2.24) is 0 Å². The van der Waals surface area contributed by atoms with Crippen molar-refractivity contribution < 1.29 is 30.8 Å². The number of hydrogen-bond acceptors (Lipinski definition) is 2. The van der Waals surface area contributed by atoms with Crippen molar-refractivity contribution in [2.45, 2.75) is 25.4 Å². The number of hydrogen-bond donors (Lipinski definition) is 1. The van der Waals surface area contributed by atoms with Crippen molar-refractivity contribution >= 4 is 17.7 Å². The van der Waals surface area contributed by atoms with Gasteiger partial charge in [0.25, 0.3) is 0 Å². The lowest BCUT2D eigenvalue weighted by atomic mass is 10.0. The summed E-state index contributed by atoms with van der Waals surface area (Å²) in [4.78, 5) is 12.1. The van der Waals surface area contributed by atoms with Gasteiger partial charge in [0.2, 0.25) is 5.91 Å². The van der Waals surface area contributed by atoms with Gasteiger partial charge in [-0.25, -0.2) is 4.39 Å². The second-order valence-corrected chi connectivity index (χ2v) is 7.85. The molecule has 1 N–H and O–H groups in total. The molecule has 3 rings (SSSR count). The average Bonchev–Trinajstić information content (AvgIpc) is 2.68. The third-order valence-corrected chi connectivity index (χ3v) is 5.27. The topological polar surface area (TPSA) is 38.3 Å². The van der Waals surface area contributed by atoms with Crippen molar-refractivity contribution in [3.63, 3.8) is 0 Å². The lowest BCUT2D eigenvalue weighted by Gasteiger charge is -2.40. The molecule has 0 spiro atoms. The van der Waals surface area contributed by atoms with E-state index in [1.807, 2.05) is 12.1 Å². The van der Waals surface area contributed by atoms with Crippen LogP contribution in [-0.4, -0.2) is 43.7 Å². The van der Waals surface area contributed by atoms with E-state index in [1.54, 1.807) is 18.2 Å². The first kappa shape index (κ1) is 23.1. The molecule has 1 heterocycles. The zero-order chi connectivity index (χ0) is 20.0. The molecule has 2 aromatic rings. The monoisotopic (exact) mass is 418 g/mol. The largest absolute Gasteiger partial charge is 1.00 e. The average molecular weight is 419 g/mol. The van der Waals surface area contributed by atoms with Crippen LogP contribution < -0.4 is 17.7 Å². The Labute approximate surface area is 178 Å². The van der Waals surface area contributed by atoms with E-state index >= 15 is 0 Å². The predicted molar refractivity (Wildman–Crippen MR) is 110 cm³/mol. The number of halogens is 2. The van der Waals surface area contributed by atoms with E-state index in [4.69, 9.17) is 4.74 Å². The molecule has 1 aliphatic heterocycles. The van der Waals surface area contributed by atoms with E-state index in [-0.39, 0.29) is 24.1 Å². The number of quaternary nitrogens is 1. The molecule has 0 saturated carbocycles. The van der Waals surface area contributed by atoms with Crippen molar-refractivity contribution in [3.05, 3.63) is 71.6 Å². The van der Waals surface area contributed by atoms with Gasteiger partial charge >= 0.3 is 0 Å². The zero-order valence-electron chi connectivity index (χ0n) is 16.9. The van der Waals surface area contributed by atoms with Gasteiger partial charge in [-0.05, 0) is 35.9 Å². The van der Waals surface area contributed by atoms with Gasteiger partial charge < -0.3 is 26.9 Å². The molecule has 1 fully saturated rings. The summed E-state index contributed by atoms with van der Waals surface area (Å²) < 4.78 is 19.6. The Hall–Kier alpha value is -2.21. The fourth-order valence-corrected chi connectivity index (χ4v) is 3.64. The number of benzene rings is 2. The van der Waals surface area contributed by atoms with Gasteiger partial charge in [0, 0.05) is 30.2 Å². The third kappa shape index (κ3) is 6.96. The van der Waals surface area contributed by atoms with E-state index in [2.05, 4.69) is 31.5 Å². The van der Waals surface area contributed by atoms with E-state index in [0.717, 1.165) is 42.8 Å². The van der Waals surface area contributed by atoms with Crippen LogP contribution in [0.5, 0.6) is 0 Å². The Kier molecular flexibility index (Phi) is 8.38. The first-order chi connectivity index (χ1) is 13.4. The smallest absolute Gasteiger partial charge is 0.248 e. The molecule has 4 nitrogen and oxygen atoms in total. The van der Waals surface area contributed by atoms with Crippen LogP contribution >= 0.6 is 0 Å². The maximum Gasteiger partial charge on any atom is 0.248 e. The standard InChI is InChI=1S/C23H27FN2O2.ClH/c1-26(2,22-12-14-28-15-13-22)17-19-6-9-21(10-7-19)25-23(27)11-8-18-4-3-5-20(24)16-18;/h3-11,16,22H,12-15,17H2,1-2H3;1H/b11-8+;. The lowest BCUT2D eigenvalue weighted by molar-refractivity contribution is -0.929. The van der Waals surface area contributed by atoms with Crippen molar-refractivity contribution in [2.75, 3.05) is 32.6 Å². The molecule has 0 radical (unpaired) electrons. The fraction of sp³-hybridized carbons (Fsp3) is 0.348. The molecule has 1 saturated heterocycles. The van der Waals surface area contributed by atoms with Gasteiger partial charge in [0.05, 0.1) is 33.4 Å². The SMILES string of the molecule is C[N+](C)(Cc1ccc(NC(=O)/C=C/c2cccc(F)c2)cc1)C1CCOCC1.[Cl-]. The predicted octanol–water partition coefficient (Wildman–Crippen LogP) is 1.24. The van der Waals surface area contributed by atoms with Gasteiger partial charge in [-0.3, -0.25) is 4.79 Å². The quantitative estimate of drug-likeness (QED) is 0.566. The summed E-state index contributed by atoms with van der Waals surface area (Å²) in [5.74, 6) is -0.560. The molecule has 0 aromatic heterocycles. The van der Waals surface area contributed by atoms with Gasteiger partial charge in [0.15, 0.2) is 0 Å². The van der Waals surface area contributed by atoms with E-state index in [0.29, 0.717) is 11.6 Å². The molecule has 0 bridgehead atoms. The Balaban J connectivity index is 0.00000300. The second-order valence-electron chi connectivity index (χ2n) is 7.85. The Bertz CT molecular complexity index is 831. The lowest BCUT2D eigenvalue weighted by Crippen LogP contribution is -3.00. The molecule has 29 heavy (non-hydrogen) atoms. The number of carbonyl (C=O) groups is 1. The maximum absolute atomic E-state index is 13.2. The van der Waals surface area contributed by atoms with Gasteiger partial charge in [-0.1, -0.05) is 24.3 Å². The minimum atomic E-state index is -0.319. The highest BCUT2D eigenvalue weighted by Gasteiger charge is 2.30. The summed E-state index contributed by atoms with van der Waals surface area (Å²) in [7, 11) is 4.53. The Morgan fingerprint density at radius 1 is 1.17 bits per heavy atom. The molecule has 0 unspecified atom stereocenters. The van der Waals surface area contributed by atoms with Crippen LogP contribution in [0.3, 0.4) is 0 Å². The number of rotatable bonds is 6. The van der Waals surface area contributed by atoms with E-state index in [1.165, 1.54) is 23.8 Å². The second kappa shape index (κ2) is 10.5. The number of ether oxygens (including phenoxy) is 1. The molecule has 2 aromatic carbocycles. The van der Waals surface area contributed by atoms with Crippen LogP contribution in [0.1, 0.15) is 24.0 Å². The van der Waals surface area contributed by atoms with Gasteiger partial charge in [0.1, 0.15) is 12.4 Å². The Morgan fingerprint density at radius 2 is 1.86 bits per heavy atom.